The Kier molecular flexibility index (Phi) is 3.73. The van der Waals surface area contributed by atoms with Crippen molar-refractivity contribution in [2.24, 2.45) is 5.92 Å². The summed E-state index contributed by atoms with van der Waals surface area (Å²) in [4.78, 5) is 17.9. The van der Waals surface area contributed by atoms with Crippen LogP contribution in [0, 0.1) is 5.92 Å². The zero-order chi connectivity index (χ0) is 14.3. The Morgan fingerprint density at radius 1 is 1.40 bits per heavy atom. The summed E-state index contributed by atoms with van der Waals surface area (Å²) in [6, 6.07) is 2.68. The Morgan fingerprint density at radius 3 is 2.95 bits per heavy atom. The fourth-order valence-electron chi connectivity index (χ4n) is 3.19. The molecule has 2 aliphatic heterocycles. The van der Waals surface area contributed by atoms with Crippen LogP contribution in [0.4, 0.5) is 10.7 Å². The SMILES string of the molecule is CC(C)C(=O)c1sc(N2CCN3CCCC3C2)cc1N. The van der Waals surface area contributed by atoms with Gasteiger partial charge in [-0.2, -0.15) is 0 Å². The van der Waals surface area contributed by atoms with E-state index in [2.05, 4.69) is 9.80 Å². The van der Waals surface area contributed by atoms with Crippen molar-refractivity contribution in [1.29, 1.82) is 0 Å². The van der Waals surface area contributed by atoms with Gasteiger partial charge in [-0.1, -0.05) is 13.8 Å². The number of rotatable bonds is 3. The molecule has 20 heavy (non-hydrogen) atoms. The van der Waals surface area contributed by atoms with Gasteiger partial charge in [-0.25, -0.2) is 0 Å². The Balaban J connectivity index is 1.77. The molecule has 0 aromatic carbocycles. The third-order valence-electron chi connectivity index (χ3n) is 4.39. The number of nitrogen functional groups attached to an aromatic ring is 1. The van der Waals surface area contributed by atoms with E-state index < -0.39 is 0 Å². The first-order valence-electron chi connectivity index (χ1n) is 7.48. The van der Waals surface area contributed by atoms with Gasteiger partial charge in [-0.05, 0) is 25.5 Å². The molecule has 0 amide bonds. The van der Waals surface area contributed by atoms with Gasteiger partial charge in [0.15, 0.2) is 5.78 Å². The summed E-state index contributed by atoms with van der Waals surface area (Å²) in [5.41, 5.74) is 6.70. The van der Waals surface area contributed by atoms with Crippen LogP contribution in [0.5, 0.6) is 0 Å². The monoisotopic (exact) mass is 293 g/mol. The van der Waals surface area contributed by atoms with E-state index in [1.54, 1.807) is 11.3 Å². The molecule has 0 radical (unpaired) electrons. The highest BCUT2D eigenvalue weighted by Crippen LogP contribution is 2.35. The van der Waals surface area contributed by atoms with E-state index in [0.717, 1.165) is 29.5 Å². The topological polar surface area (TPSA) is 49.6 Å². The van der Waals surface area contributed by atoms with E-state index in [4.69, 9.17) is 5.73 Å². The van der Waals surface area contributed by atoms with Crippen molar-refractivity contribution in [2.45, 2.75) is 32.7 Å². The highest BCUT2D eigenvalue weighted by molar-refractivity contribution is 7.18. The number of ketones is 1. The van der Waals surface area contributed by atoms with Gasteiger partial charge in [0.05, 0.1) is 15.6 Å². The molecule has 0 aliphatic carbocycles. The lowest BCUT2D eigenvalue weighted by Gasteiger charge is -2.38. The molecule has 1 atom stereocenters. The lowest BCUT2D eigenvalue weighted by atomic mass is 10.1. The quantitative estimate of drug-likeness (QED) is 0.870. The molecule has 3 rings (SSSR count). The number of fused-ring (bicyclic) bond motifs is 1. The van der Waals surface area contributed by atoms with Crippen LogP contribution in [-0.4, -0.2) is 42.9 Å². The van der Waals surface area contributed by atoms with Crippen molar-refractivity contribution in [3.8, 4) is 0 Å². The number of nitrogens with zero attached hydrogens (tertiary/aromatic N) is 2. The molecule has 3 heterocycles. The number of anilines is 2. The zero-order valence-electron chi connectivity index (χ0n) is 12.3. The maximum absolute atomic E-state index is 12.1. The lowest BCUT2D eigenvalue weighted by Crippen LogP contribution is -2.49. The van der Waals surface area contributed by atoms with E-state index in [1.165, 1.54) is 19.4 Å². The van der Waals surface area contributed by atoms with E-state index >= 15 is 0 Å². The van der Waals surface area contributed by atoms with Gasteiger partial charge >= 0.3 is 0 Å². The summed E-state index contributed by atoms with van der Waals surface area (Å²) in [6.45, 7) is 8.37. The molecule has 0 saturated carbocycles. The Hall–Kier alpha value is -1.07. The molecule has 1 aromatic heterocycles. The molecule has 2 N–H and O–H groups in total. The van der Waals surface area contributed by atoms with Crippen molar-refractivity contribution < 1.29 is 4.79 Å². The Morgan fingerprint density at radius 2 is 2.20 bits per heavy atom. The smallest absolute Gasteiger partial charge is 0.177 e. The summed E-state index contributed by atoms with van der Waals surface area (Å²) >= 11 is 1.57. The normalized spacial score (nSPS) is 23.4. The number of hydrogen-bond donors (Lipinski definition) is 1. The van der Waals surface area contributed by atoms with Crippen LogP contribution in [-0.2, 0) is 0 Å². The maximum atomic E-state index is 12.1. The summed E-state index contributed by atoms with van der Waals surface area (Å²) in [7, 11) is 0. The van der Waals surface area contributed by atoms with Gasteiger partial charge in [0.2, 0.25) is 0 Å². The average molecular weight is 293 g/mol. The first-order valence-corrected chi connectivity index (χ1v) is 8.30. The zero-order valence-corrected chi connectivity index (χ0v) is 13.1. The third kappa shape index (κ3) is 2.44. The predicted octanol–water partition coefficient (Wildman–Crippen LogP) is 2.45. The van der Waals surface area contributed by atoms with E-state index in [1.807, 2.05) is 19.9 Å². The minimum atomic E-state index is 0.00970. The number of hydrogen-bond acceptors (Lipinski definition) is 5. The van der Waals surface area contributed by atoms with Gasteiger partial charge < -0.3 is 10.6 Å². The van der Waals surface area contributed by atoms with E-state index in [9.17, 15) is 4.79 Å². The average Bonchev–Trinajstić information content (AvgIpc) is 3.02. The number of thiophene rings is 1. The van der Waals surface area contributed by atoms with Crippen LogP contribution in [0.15, 0.2) is 6.07 Å². The van der Waals surface area contributed by atoms with E-state index in [0.29, 0.717) is 11.7 Å². The maximum Gasteiger partial charge on any atom is 0.177 e. The summed E-state index contributed by atoms with van der Waals surface area (Å²) in [6.07, 6.45) is 2.62. The van der Waals surface area contributed by atoms with Gasteiger partial charge in [0.25, 0.3) is 0 Å². The molecule has 2 saturated heterocycles. The molecule has 2 fully saturated rings. The van der Waals surface area contributed by atoms with Crippen LogP contribution in [0.1, 0.15) is 36.4 Å². The largest absolute Gasteiger partial charge is 0.397 e. The Labute approximate surface area is 124 Å². The van der Waals surface area contributed by atoms with Gasteiger partial charge in [0, 0.05) is 31.6 Å². The van der Waals surface area contributed by atoms with Gasteiger partial charge in [0.1, 0.15) is 0 Å². The van der Waals surface area contributed by atoms with E-state index in [-0.39, 0.29) is 11.7 Å². The number of carbonyl (C=O) groups excluding carboxylic acids is 1. The summed E-state index contributed by atoms with van der Waals surface area (Å²) < 4.78 is 0. The Bertz CT molecular complexity index is 511. The summed E-state index contributed by atoms with van der Waals surface area (Å²) in [5.74, 6) is 0.175. The molecule has 110 valence electrons. The minimum absolute atomic E-state index is 0.00970. The van der Waals surface area contributed by atoms with Gasteiger partial charge in [-0.15, -0.1) is 11.3 Å². The standard InChI is InChI=1S/C15H23N3OS/c1-10(2)14(19)15-12(16)8-13(20-15)18-7-6-17-5-3-4-11(17)9-18/h8,10-11H,3-7,9,16H2,1-2H3. The second-order valence-electron chi connectivity index (χ2n) is 6.17. The number of Topliss-reactive ketones (excluding diaryl/α,β-unsaturated/α-hetero) is 1. The molecule has 2 aliphatic rings. The fourth-order valence-corrected chi connectivity index (χ4v) is 4.40. The van der Waals surface area contributed by atoms with Crippen LogP contribution in [0.3, 0.4) is 0 Å². The molecule has 4 nitrogen and oxygen atoms in total. The lowest BCUT2D eigenvalue weighted by molar-refractivity contribution is 0.0944. The van der Waals surface area contributed by atoms with Crippen molar-refractivity contribution in [3.63, 3.8) is 0 Å². The van der Waals surface area contributed by atoms with Crippen LogP contribution >= 0.6 is 11.3 Å². The second kappa shape index (κ2) is 5.37. The van der Waals surface area contributed by atoms with Crippen molar-refractivity contribution in [1.82, 2.24) is 4.90 Å². The van der Waals surface area contributed by atoms with Crippen molar-refractivity contribution >= 4 is 27.8 Å². The van der Waals surface area contributed by atoms with Crippen molar-refractivity contribution in [2.75, 3.05) is 36.8 Å². The number of nitrogens with two attached hydrogens (primary N) is 1. The molecular formula is C15H23N3OS. The van der Waals surface area contributed by atoms with Crippen LogP contribution in [0.25, 0.3) is 0 Å². The summed E-state index contributed by atoms with van der Waals surface area (Å²) in [5, 5.41) is 1.16. The first kappa shape index (κ1) is 13.9. The third-order valence-corrected chi connectivity index (χ3v) is 5.62. The predicted molar refractivity (Wildman–Crippen MR) is 84.7 cm³/mol. The molecule has 0 bridgehead atoms. The highest BCUT2D eigenvalue weighted by atomic mass is 32.1. The molecule has 0 spiro atoms. The number of piperazine rings is 1. The fraction of sp³-hybridized carbons (Fsp3) is 0.667. The molecule has 5 heteroatoms. The first-order chi connectivity index (χ1) is 9.56. The van der Waals surface area contributed by atoms with Crippen molar-refractivity contribution in [3.05, 3.63) is 10.9 Å². The minimum Gasteiger partial charge on any atom is -0.397 e. The van der Waals surface area contributed by atoms with Crippen LogP contribution < -0.4 is 10.6 Å². The molecule has 1 aromatic rings. The van der Waals surface area contributed by atoms with Gasteiger partial charge in [-0.3, -0.25) is 9.69 Å². The molecular weight excluding hydrogens is 270 g/mol. The highest BCUT2D eigenvalue weighted by Gasteiger charge is 2.31. The number of carbonyl (C=O) groups is 1. The van der Waals surface area contributed by atoms with Crippen LogP contribution in [0.2, 0.25) is 0 Å². The second-order valence-corrected chi connectivity index (χ2v) is 7.20. The molecule has 1 unspecified atom stereocenters.